The van der Waals surface area contributed by atoms with Crippen molar-refractivity contribution in [2.24, 2.45) is 0 Å². The summed E-state index contributed by atoms with van der Waals surface area (Å²) in [7, 11) is 0. The molecular weight excluding hydrogens is 558 g/mol. The number of fused-ring (bicyclic) bond motifs is 4. The maximum Gasteiger partial charge on any atom is 0.139 e. The van der Waals surface area contributed by atoms with Gasteiger partial charge in [-0.1, -0.05) is 142 Å². The third kappa shape index (κ3) is 4.83. The van der Waals surface area contributed by atoms with E-state index in [2.05, 4.69) is 177 Å². The Hall–Kier alpha value is -5.60. The molecule has 0 aliphatic heterocycles. The lowest BCUT2D eigenvalue weighted by molar-refractivity contribution is 0.568. The van der Waals surface area contributed by atoms with Crippen LogP contribution in [-0.4, -0.2) is 0 Å². The van der Waals surface area contributed by atoms with Gasteiger partial charge in [0.2, 0.25) is 0 Å². The van der Waals surface area contributed by atoms with Gasteiger partial charge in [0.15, 0.2) is 0 Å². The quantitative estimate of drug-likeness (QED) is 0.185. The minimum atomic E-state index is -0.101. The fourth-order valence-corrected chi connectivity index (χ4v) is 6.88. The zero-order chi connectivity index (χ0) is 31.3. The summed E-state index contributed by atoms with van der Waals surface area (Å²) >= 11 is 0. The third-order valence-corrected chi connectivity index (χ3v) is 8.91. The minimum absolute atomic E-state index is 0.101. The lowest BCUT2D eigenvalue weighted by Gasteiger charge is -2.28. The van der Waals surface area contributed by atoms with Gasteiger partial charge in [-0.15, -0.1) is 0 Å². The van der Waals surface area contributed by atoms with Gasteiger partial charge in [0, 0.05) is 33.3 Å². The van der Waals surface area contributed by atoms with Crippen molar-refractivity contribution >= 4 is 49.6 Å². The summed E-state index contributed by atoms with van der Waals surface area (Å²) in [6.07, 6.45) is 0. The minimum Gasteiger partial charge on any atom is -0.456 e. The molecule has 0 saturated carbocycles. The van der Waals surface area contributed by atoms with E-state index in [1.54, 1.807) is 0 Å². The van der Waals surface area contributed by atoms with Crippen LogP contribution in [0, 0.1) is 0 Å². The molecule has 0 N–H and O–H groups in total. The van der Waals surface area contributed by atoms with Gasteiger partial charge in [-0.2, -0.15) is 0 Å². The summed E-state index contributed by atoms with van der Waals surface area (Å²) in [6, 6.07) is 56.4. The molecule has 0 atom stereocenters. The van der Waals surface area contributed by atoms with E-state index in [-0.39, 0.29) is 5.41 Å². The summed E-state index contributed by atoms with van der Waals surface area (Å²) in [5.74, 6) is 0.928. The number of hydrogen-bond acceptors (Lipinski definition) is 2. The Morgan fingerprint density at radius 3 is 1.76 bits per heavy atom. The Kier molecular flexibility index (Phi) is 6.73. The van der Waals surface area contributed by atoms with Crippen molar-refractivity contribution in [2.75, 3.05) is 4.90 Å². The van der Waals surface area contributed by atoms with Crippen LogP contribution in [0.15, 0.2) is 162 Å². The molecular formula is C44H35NO. The summed E-state index contributed by atoms with van der Waals surface area (Å²) in [5.41, 5.74) is 8.79. The van der Waals surface area contributed by atoms with Crippen molar-refractivity contribution in [3.63, 3.8) is 0 Å². The van der Waals surface area contributed by atoms with Crippen LogP contribution >= 0.6 is 0 Å². The van der Waals surface area contributed by atoms with Crippen LogP contribution in [-0.2, 0) is 5.41 Å². The smallest absolute Gasteiger partial charge is 0.139 e. The number of rotatable bonds is 5. The number of anilines is 3. The van der Waals surface area contributed by atoms with E-state index >= 15 is 0 Å². The van der Waals surface area contributed by atoms with Crippen molar-refractivity contribution in [1.29, 1.82) is 0 Å². The molecule has 1 aromatic heterocycles. The lowest BCUT2D eigenvalue weighted by atomic mass is 9.83. The number of furan rings is 1. The molecule has 0 spiro atoms. The molecule has 0 amide bonds. The van der Waals surface area contributed by atoms with Crippen molar-refractivity contribution in [3.05, 3.63) is 163 Å². The first-order chi connectivity index (χ1) is 22.5. The number of benzene rings is 7. The SMILES string of the molecule is CC(C)(C)c1c(-c2cccc(N(c3cccc(-c4ccccc4)c3)c3cc4ccccc4c4ccccc34)c2)oc2ccccc12. The molecule has 8 aromatic rings. The molecule has 0 fully saturated rings. The first kappa shape index (κ1) is 27.9. The molecule has 2 nitrogen and oxygen atoms in total. The highest BCUT2D eigenvalue weighted by Gasteiger charge is 2.27. The second-order valence-corrected chi connectivity index (χ2v) is 13.0. The second-order valence-electron chi connectivity index (χ2n) is 13.0. The van der Waals surface area contributed by atoms with Crippen LogP contribution < -0.4 is 4.90 Å². The average Bonchev–Trinajstić information content (AvgIpc) is 3.50. The number of hydrogen-bond donors (Lipinski definition) is 0. The van der Waals surface area contributed by atoms with Crippen molar-refractivity contribution in [2.45, 2.75) is 26.2 Å². The monoisotopic (exact) mass is 593 g/mol. The van der Waals surface area contributed by atoms with Crippen LogP contribution in [0.5, 0.6) is 0 Å². The fourth-order valence-electron chi connectivity index (χ4n) is 6.88. The highest BCUT2D eigenvalue weighted by Crippen LogP contribution is 2.46. The van der Waals surface area contributed by atoms with E-state index < -0.39 is 0 Å². The van der Waals surface area contributed by atoms with Crippen LogP contribution in [0.4, 0.5) is 17.1 Å². The predicted molar refractivity (Wildman–Crippen MR) is 195 cm³/mol. The summed E-state index contributed by atoms with van der Waals surface area (Å²) in [5, 5.41) is 6.08. The fraction of sp³-hybridized carbons (Fsp3) is 0.0909. The van der Waals surface area contributed by atoms with E-state index in [0.717, 1.165) is 34.0 Å². The molecule has 0 radical (unpaired) electrons. The van der Waals surface area contributed by atoms with E-state index in [4.69, 9.17) is 4.42 Å². The molecule has 46 heavy (non-hydrogen) atoms. The van der Waals surface area contributed by atoms with Crippen LogP contribution in [0.2, 0.25) is 0 Å². The van der Waals surface area contributed by atoms with Crippen molar-refractivity contribution < 1.29 is 4.42 Å². The van der Waals surface area contributed by atoms with Crippen LogP contribution in [0.3, 0.4) is 0 Å². The van der Waals surface area contributed by atoms with Crippen LogP contribution in [0.1, 0.15) is 26.3 Å². The third-order valence-electron chi connectivity index (χ3n) is 8.91. The number of para-hydroxylation sites is 1. The Morgan fingerprint density at radius 1 is 0.457 bits per heavy atom. The Balaban J connectivity index is 1.40. The van der Waals surface area contributed by atoms with E-state index in [9.17, 15) is 0 Å². The topological polar surface area (TPSA) is 16.4 Å². The molecule has 0 saturated heterocycles. The normalized spacial score (nSPS) is 11.8. The lowest BCUT2D eigenvalue weighted by Crippen LogP contribution is -2.12. The highest BCUT2D eigenvalue weighted by atomic mass is 16.3. The molecule has 0 aliphatic rings. The first-order valence-corrected chi connectivity index (χ1v) is 15.9. The molecule has 2 heteroatoms. The summed E-state index contributed by atoms with van der Waals surface area (Å²) in [4.78, 5) is 2.41. The molecule has 0 bridgehead atoms. The molecule has 1 heterocycles. The van der Waals surface area contributed by atoms with Crippen LogP contribution in [0.25, 0.3) is 55.0 Å². The van der Waals surface area contributed by atoms with E-state index in [1.165, 1.54) is 43.6 Å². The van der Waals surface area contributed by atoms with Gasteiger partial charge in [-0.05, 0) is 69.1 Å². The van der Waals surface area contributed by atoms with Crippen molar-refractivity contribution in [3.8, 4) is 22.5 Å². The second kappa shape index (κ2) is 11.1. The predicted octanol–water partition coefficient (Wildman–Crippen LogP) is 12.8. The van der Waals surface area contributed by atoms with Gasteiger partial charge in [0.05, 0.1) is 5.69 Å². The van der Waals surface area contributed by atoms with Gasteiger partial charge in [-0.3, -0.25) is 0 Å². The molecule has 8 rings (SSSR count). The van der Waals surface area contributed by atoms with Crippen molar-refractivity contribution in [1.82, 2.24) is 0 Å². The van der Waals surface area contributed by atoms with E-state index in [1.807, 2.05) is 6.07 Å². The van der Waals surface area contributed by atoms with Gasteiger partial charge >= 0.3 is 0 Å². The molecule has 7 aromatic carbocycles. The van der Waals surface area contributed by atoms with Gasteiger partial charge in [-0.25, -0.2) is 0 Å². The molecule has 222 valence electrons. The maximum absolute atomic E-state index is 6.64. The summed E-state index contributed by atoms with van der Waals surface area (Å²) < 4.78 is 6.64. The Labute approximate surface area is 270 Å². The Bertz CT molecular complexity index is 2360. The average molecular weight is 594 g/mol. The van der Waals surface area contributed by atoms with Gasteiger partial charge < -0.3 is 9.32 Å². The van der Waals surface area contributed by atoms with E-state index in [0.29, 0.717) is 0 Å². The largest absolute Gasteiger partial charge is 0.456 e. The van der Waals surface area contributed by atoms with Gasteiger partial charge in [0.1, 0.15) is 11.3 Å². The zero-order valence-electron chi connectivity index (χ0n) is 26.4. The molecule has 0 aliphatic carbocycles. The molecule has 0 unspecified atom stereocenters. The first-order valence-electron chi connectivity index (χ1n) is 15.9. The standard InChI is InChI=1S/C44H35NO/c1-44(2,3)42-39-25-11-12-26-41(39)46-43(42)33-19-14-21-35(28-33)45(34-20-13-18-31(27-34)30-15-5-4-6-16-30)40-29-32-17-7-8-22-36(32)37-23-9-10-24-38(37)40/h4-29H,1-3H3. The Morgan fingerprint density at radius 2 is 1.02 bits per heavy atom. The number of nitrogens with zero attached hydrogens (tertiary/aromatic N) is 1. The highest BCUT2D eigenvalue weighted by molar-refractivity contribution is 6.14. The van der Waals surface area contributed by atoms with Gasteiger partial charge in [0.25, 0.3) is 0 Å². The zero-order valence-corrected chi connectivity index (χ0v) is 26.4. The maximum atomic E-state index is 6.64. The summed E-state index contributed by atoms with van der Waals surface area (Å²) in [6.45, 7) is 6.79.